The first kappa shape index (κ1) is 21.4. The van der Waals surface area contributed by atoms with E-state index >= 15 is 0 Å². The lowest BCUT2D eigenvalue weighted by molar-refractivity contribution is -0.117. The maximum Gasteiger partial charge on any atom is 0.255 e. The van der Waals surface area contributed by atoms with Crippen LogP contribution in [0.25, 0.3) is 0 Å². The number of anilines is 2. The zero-order chi connectivity index (χ0) is 22.5. The lowest BCUT2D eigenvalue weighted by Crippen LogP contribution is -2.25. The predicted octanol–water partition coefficient (Wildman–Crippen LogP) is 5.01. The Morgan fingerprint density at radius 2 is 1.47 bits per heavy atom. The van der Waals surface area contributed by atoms with Gasteiger partial charge in [0.2, 0.25) is 5.91 Å². The van der Waals surface area contributed by atoms with E-state index in [0.717, 1.165) is 24.8 Å². The molecule has 6 heteroatoms. The van der Waals surface area contributed by atoms with Crippen LogP contribution in [0.1, 0.15) is 40.2 Å². The van der Waals surface area contributed by atoms with Gasteiger partial charge in [0.25, 0.3) is 5.91 Å². The molecule has 0 saturated carbocycles. The maximum absolute atomic E-state index is 13.2. The molecule has 0 spiro atoms. The molecule has 0 aromatic heterocycles. The molecule has 3 aromatic carbocycles. The number of carbonyl (C=O) groups is 2. The highest BCUT2D eigenvalue weighted by atomic mass is 16.5. The molecule has 3 aromatic rings. The minimum Gasteiger partial charge on any atom is -0.494 e. The molecule has 2 N–H and O–H groups in total. The number of fused-ring (bicyclic) bond motifs is 1. The van der Waals surface area contributed by atoms with E-state index in [2.05, 4.69) is 16.7 Å². The van der Waals surface area contributed by atoms with Crippen LogP contribution in [0.15, 0.2) is 66.7 Å². The van der Waals surface area contributed by atoms with E-state index in [4.69, 9.17) is 9.47 Å². The number of rotatable bonds is 6. The van der Waals surface area contributed by atoms with Gasteiger partial charge in [-0.15, -0.1) is 0 Å². The molecule has 0 heterocycles. The van der Waals surface area contributed by atoms with Gasteiger partial charge in [-0.05, 0) is 42.5 Å². The second-order valence-corrected chi connectivity index (χ2v) is 7.71. The van der Waals surface area contributed by atoms with Crippen molar-refractivity contribution >= 4 is 23.2 Å². The van der Waals surface area contributed by atoms with Crippen LogP contribution in [-0.4, -0.2) is 26.0 Å². The molecule has 4 rings (SSSR count). The van der Waals surface area contributed by atoms with E-state index in [1.807, 2.05) is 24.3 Å². The number of methoxy groups -OCH3 is 2. The first-order valence-electron chi connectivity index (χ1n) is 10.6. The highest BCUT2D eigenvalue weighted by molar-refractivity contribution is 6.06. The highest BCUT2D eigenvalue weighted by Crippen LogP contribution is 2.38. The summed E-state index contributed by atoms with van der Waals surface area (Å²) >= 11 is 0. The van der Waals surface area contributed by atoms with Gasteiger partial charge in [-0.3, -0.25) is 9.59 Å². The number of ether oxygens (including phenoxy) is 2. The largest absolute Gasteiger partial charge is 0.494 e. The monoisotopic (exact) mass is 430 g/mol. The summed E-state index contributed by atoms with van der Waals surface area (Å²) in [5.41, 5.74) is 3.78. The van der Waals surface area contributed by atoms with Crippen molar-refractivity contribution in [3.63, 3.8) is 0 Å². The van der Waals surface area contributed by atoms with Crippen LogP contribution in [0, 0.1) is 0 Å². The number of aryl methyl sites for hydroxylation is 1. The van der Waals surface area contributed by atoms with Crippen molar-refractivity contribution < 1.29 is 19.1 Å². The van der Waals surface area contributed by atoms with Gasteiger partial charge in [-0.25, -0.2) is 0 Å². The molecule has 1 aliphatic rings. The topological polar surface area (TPSA) is 76.7 Å². The number of benzene rings is 3. The van der Waals surface area contributed by atoms with Gasteiger partial charge in [-0.2, -0.15) is 0 Å². The van der Waals surface area contributed by atoms with Gasteiger partial charge in [0.1, 0.15) is 11.5 Å². The van der Waals surface area contributed by atoms with Gasteiger partial charge in [0, 0.05) is 17.7 Å². The van der Waals surface area contributed by atoms with E-state index in [9.17, 15) is 9.59 Å². The number of hydrogen-bond acceptors (Lipinski definition) is 4. The predicted molar refractivity (Wildman–Crippen MR) is 125 cm³/mol. The van der Waals surface area contributed by atoms with E-state index in [0.29, 0.717) is 28.4 Å². The summed E-state index contributed by atoms with van der Waals surface area (Å²) in [7, 11) is 3.04. The Kier molecular flexibility index (Phi) is 6.40. The quantitative estimate of drug-likeness (QED) is 0.576. The average Bonchev–Trinajstić information content (AvgIpc) is 2.84. The van der Waals surface area contributed by atoms with Crippen molar-refractivity contribution in [1.82, 2.24) is 0 Å². The minimum atomic E-state index is -0.262. The summed E-state index contributed by atoms with van der Waals surface area (Å²) in [6.45, 7) is 0. The van der Waals surface area contributed by atoms with Gasteiger partial charge in [0.05, 0.1) is 31.5 Å². The van der Waals surface area contributed by atoms with Crippen LogP contribution < -0.4 is 20.1 Å². The standard InChI is InChI=1S/C26H26N2O4/c1-31-23-16-22(28-26(30)20-14-8-12-17-9-6-7-13-19(17)20)24(32-2)15-21(23)27-25(29)18-10-4-3-5-11-18/h3-7,9-11,13,15-16,20H,8,12,14H2,1-2H3,(H,27,29)(H,28,30). The molecule has 164 valence electrons. The highest BCUT2D eigenvalue weighted by Gasteiger charge is 2.27. The van der Waals surface area contributed by atoms with Crippen LogP contribution in [-0.2, 0) is 11.2 Å². The molecule has 0 saturated heterocycles. The third kappa shape index (κ3) is 4.44. The SMILES string of the molecule is COc1cc(NC(=O)C2CCCc3ccccc32)c(OC)cc1NC(=O)c1ccccc1. The molecule has 1 aliphatic carbocycles. The molecule has 6 nitrogen and oxygen atoms in total. The fourth-order valence-electron chi connectivity index (χ4n) is 4.12. The summed E-state index contributed by atoms with van der Waals surface area (Å²) < 4.78 is 11.0. The lowest BCUT2D eigenvalue weighted by Gasteiger charge is -2.25. The Morgan fingerprint density at radius 1 is 0.844 bits per heavy atom. The van der Waals surface area contributed by atoms with Crippen LogP contribution in [0.3, 0.4) is 0 Å². The smallest absolute Gasteiger partial charge is 0.255 e. The first-order valence-corrected chi connectivity index (χ1v) is 10.6. The van der Waals surface area contributed by atoms with Crippen LogP contribution in [0.2, 0.25) is 0 Å². The van der Waals surface area contributed by atoms with Gasteiger partial charge >= 0.3 is 0 Å². The molecule has 0 fully saturated rings. The minimum absolute atomic E-state index is 0.0847. The Labute approximate surface area is 187 Å². The molecule has 32 heavy (non-hydrogen) atoms. The summed E-state index contributed by atoms with van der Waals surface area (Å²) in [5.74, 6) is 0.300. The van der Waals surface area contributed by atoms with E-state index < -0.39 is 0 Å². The normalized spacial score (nSPS) is 14.8. The zero-order valence-electron chi connectivity index (χ0n) is 18.2. The molecule has 0 radical (unpaired) electrons. The van der Waals surface area contributed by atoms with Crippen molar-refractivity contribution in [3.05, 3.63) is 83.4 Å². The maximum atomic E-state index is 13.2. The number of nitrogens with one attached hydrogen (secondary N) is 2. The molecular weight excluding hydrogens is 404 g/mol. The molecular formula is C26H26N2O4. The zero-order valence-corrected chi connectivity index (χ0v) is 18.2. The van der Waals surface area contributed by atoms with Crippen LogP contribution in [0.5, 0.6) is 11.5 Å². The molecule has 2 amide bonds. The fraction of sp³-hybridized carbons (Fsp3) is 0.231. The number of hydrogen-bond donors (Lipinski definition) is 2. The van der Waals surface area contributed by atoms with Crippen molar-refractivity contribution in [2.75, 3.05) is 24.9 Å². The summed E-state index contributed by atoms with van der Waals surface area (Å²) in [6, 6.07) is 20.3. The van der Waals surface area contributed by atoms with Crippen molar-refractivity contribution in [3.8, 4) is 11.5 Å². The Bertz CT molecular complexity index is 1130. The van der Waals surface area contributed by atoms with Crippen molar-refractivity contribution in [1.29, 1.82) is 0 Å². The Morgan fingerprint density at radius 3 is 2.16 bits per heavy atom. The van der Waals surface area contributed by atoms with E-state index in [1.54, 1.807) is 36.4 Å². The summed E-state index contributed by atoms with van der Waals surface area (Å²) in [6.07, 6.45) is 2.76. The average molecular weight is 431 g/mol. The second kappa shape index (κ2) is 9.56. The van der Waals surface area contributed by atoms with E-state index in [-0.39, 0.29) is 17.7 Å². The third-order valence-electron chi connectivity index (χ3n) is 5.75. The van der Waals surface area contributed by atoms with Crippen LogP contribution >= 0.6 is 0 Å². The van der Waals surface area contributed by atoms with Crippen molar-refractivity contribution in [2.24, 2.45) is 0 Å². The summed E-state index contributed by atoms with van der Waals surface area (Å²) in [4.78, 5) is 25.8. The molecule has 1 unspecified atom stereocenters. The molecule has 0 aliphatic heterocycles. The van der Waals surface area contributed by atoms with Crippen LogP contribution in [0.4, 0.5) is 11.4 Å². The van der Waals surface area contributed by atoms with Gasteiger partial charge in [0.15, 0.2) is 0 Å². The molecule has 1 atom stereocenters. The fourth-order valence-corrected chi connectivity index (χ4v) is 4.12. The lowest BCUT2D eigenvalue weighted by atomic mass is 9.82. The van der Waals surface area contributed by atoms with E-state index in [1.165, 1.54) is 19.8 Å². The number of amides is 2. The Hall–Kier alpha value is -3.80. The van der Waals surface area contributed by atoms with Gasteiger partial charge in [-0.1, -0.05) is 42.5 Å². The Balaban J connectivity index is 1.58. The first-order chi connectivity index (χ1) is 15.6. The second-order valence-electron chi connectivity index (χ2n) is 7.71. The number of carbonyl (C=O) groups excluding carboxylic acids is 2. The van der Waals surface area contributed by atoms with Gasteiger partial charge < -0.3 is 20.1 Å². The third-order valence-corrected chi connectivity index (χ3v) is 5.75. The summed E-state index contributed by atoms with van der Waals surface area (Å²) in [5, 5.41) is 5.86. The molecule has 0 bridgehead atoms. The van der Waals surface area contributed by atoms with Crippen molar-refractivity contribution in [2.45, 2.75) is 25.2 Å².